The van der Waals surface area contributed by atoms with Crippen molar-refractivity contribution in [2.75, 3.05) is 7.11 Å². The molecule has 5 heteroatoms. The van der Waals surface area contributed by atoms with Gasteiger partial charge in [-0.3, -0.25) is 0 Å². The van der Waals surface area contributed by atoms with Crippen molar-refractivity contribution >= 4 is 0 Å². The smallest absolute Gasteiger partial charge is 0.168 e. The van der Waals surface area contributed by atoms with Crippen LogP contribution < -0.4 is 10.5 Å². The number of nitrogens with two attached hydrogens (primary N) is 1. The fraction of sp³-hybridized carbons (Fsp3) is 0.308. The SMILES string of the molecule is COc1cccc(CC(N)c2cn(C)cn2)c1F. The van der Waals surface area contributed by atoms with Gasteiger partial charge in [0.25, 0.3) is 0 Å². The van der Waals surface area contributed by atoms with Crippen molar-refractivity contribution in [2.45, 2.75) is 12.5 Å². The van der Waals surface area contributed by atoms with Crippen LogP contribution in [0, 0.1) is 5.82 Å². The Morgan fingerprint density at radius 2 is 2.28 bits per heavy atom. The molecule has 0 aliphatic carbocycles. The fourth-order valence-electron chi connectivity index (χ4n) is 1.84. The normalized spacial score (nSPS) is 12.4. The third kappa shape index (κ3) is 2.51. The fourth-order valence-corrected chi connectivity index (χ4v) is 1.84. The largest absolute Gasteiger partial charge is 0.494 e. The summed E-state index contributed by atoms with van der Waals surface area (Å²) < 4.78 is 20.7. The first-order chi connectivity index (χ1) is 8.61. The van der Waals surface area contributed by atoms with E-state index < -0.39 is 0 Å². The van der Waals surface area contributed by atoms with E-state index in [1.165, 1.54) is 7.11 Å². The maximum Gasteiger partial charge on any atom is 0.168 e. The first-order valence-corrected chi connectivity index (χ1v) is 5.66. The average molecular weight is 249 g/mol. The van der Waals surface area contributed by atoms with Crippen LogP contribution in [0.4, 0.5) is 4.39 Å². The highest BCUT2D eigenvalue weighted by Crippen LogP contribution is 2.23. The second-order valence-corrected chi connectivity index (χ2v) is 4.21. The summed E-state index contributed by atoms with van der Waals surface area (Å²) in [5.41, 5.74) is 7.30. The molecular weight excluding hydrogens is 233 g/mol. The number of hydrogen-bond donors (Lipinski definition) is 1. The monoisotopic (exact) mass is 249 g/mol. The molecule has 4 nitrogen and oxygen atoms in total. The predicted octanol–water partition coefficient (Wildman–Crippen LogP) is 1.81. The summed E-state index contributed by atoms with van der Waals surface area (Å²) in [5, 5.41) is 0. The van der Waals surface area contributed by atoms with Crippen molar-refractivity contribution in [2.24, 2.45) is 12.8 Å². The van der Waals surface area contributed by atoms with Crippen molar-refractivity contribution in [1.82, 2.24) is 9.55 Å². The molecule has 0 saturated carbocycles. The lowest BCUT2D eigenvalue weighted by atomic mass is 10.0. The zero-order valence-electron chi connectivity index (χ0n) is 10.4. The highest BCUT2D eigenvalue weighted by atomic mass is 19.1. The molecule has 2 rings (SSSR count). The van der Waals surface area contributed by atoms with Gasteiger partial charge in [-0.05, 0) is 18.1 Å². The standard InChI is InChI=1S/C13H16FN3O/c1-17-7-11(16-8-17)10(15)6-9-4-3-5-12(18-2)13(9)14/h3-5,7-8,10H,6,15H2,1-2H3. The molecule has 2 N–H and O–H groups in total. The number of ether oxygens (including phenoxy) is 1. The van der Waals surface area contributed by atoms with Crippen molar-refractivity contribution in [3.63, 3.8) is 0 Å². The highest BCUT2D eigenvalue weighted by molar-refractivity contribution is 5.32. The number of aromatic nitrogens is 2. The summed E-state index contributed by atoms with van der Waals surface area (Å²) in [6, 6.07) is 4.72. The molecule has 0 aliphatic rings. The van der Waals surface area contributed by atoms with E-state index in [4.69, 9.17) is 10.5 Å². The second-order valence-electron chi connectivity index (χ2n) is 4.21. The molecule has 0 amide bonds. The average Bonchev–Trinajstić information content (AvgIpc) is 2.78. The maximum absolute atomic E-state index is 13.9. The van der Waals surface area contributed by atoms with E-state index >= 15 is 0 Å². The molecule has 1 heterocycles. The van der Waals surface area contributed by atoms with Crippen LogP contribution in [0.25, 0.3) is 0 Å². The quantitative estimate of drug-likeness (QED) is 0.899. The Bertz CT molecular complexity index is 539. The molecule has 0 fully saturated rings. The van der Waals surface area contributed by atoms with Crippen LogP contribution in [0.1, 0.15) is 17.3 Å². The highest BCUT2D eigenvalue weighted by Gasteiger charge is 2.14. The van der Waals surface area contributed by atoms with Gasteiger partial charge in [-0.15, -0.1) is 0 Å². The molecule has 2 aromatic rings. The number of aryl methyl sites for hydroxylation is 1. The molecule has 1 aromatic carbocycles. The van der Waals surface area contributed by atoms with Gasteiger partial charge in [-0.2, -0.15) is 0 Å². The number of hydrogen-bond acceptors (Lipinski definition) is 3. The van der Waals surface area contributed by atoms with Crippen LogP contribution in [-0.2, 0) is 13.5 Å². The number of methoxy groups -OCH3 is 1. The Morgan fingerprint density at radius 3 is 2.89 bits per heavy atom. The van der Waals surface area contributed by atoms with Gasteiger partial charge in [0.2, 0.25) is 0 Å². The van der Waals surface area contributed by atoms with Crippen molar-refractivity contribution in [3.8, 4) is 5.75 Å². The van der Waals surface area contributed by atoms with Gasteiger partial charge in [0, 0.05) is 13.2 Å². The second kappa shape index (κ2) is 5.18. The number of benzene rings is 1. The lowest BCUT2D eigenvalue weighted by Crippen LogP contribution is -2.14. The Balaban J connectivity index is 2.19. The molecule has 96 valence electrons. The van der Waals surface area contributed by atoms with Crippen molar-refractivity contribution in [1.29, 1.82) is 0 Å². The summed E-state index contributed by atoms with van der Waals surface area (Å²) in [5.74, 6) is -0.118. The topological polar surface area (TPSA) is 53.1 Å². The summed E-state index contributed by atoms with van der Waals surface area (Å²) in [7, 11) is 3.32. The van der Waals surface area contributed by atoms with Gasteiger partial charge in [0.05, 0.1) is 25.2 Å². The van der Waals surface area contributed by atoms with Gasteiger partial charge < -0.3 is 15.0 Å². The molecule has 0 radical (unpaired) electrons. The van der Waals surface area contributed by atoms with Gasteiger partial charge in [0.1, 0.15) is 0 Å². The Kier molecular flexibility index (Phi) is 3.62. The summed E-state index contributed by atoms with van der Waals surface area (Å²) in [6.45, 7) is 0. The molecule has 18 heavy (non-hydrogen) atoms. The minimum absolute atomic E-state index is 0.237. The molecule has 1 aromatic heterocycles. The molecule has 0 saturated heterocycles. The van der Waals surface area contributed by atoms with E-state index in [0.29, 0.717) is 12.0 Å². The number of rotatable bonds is 4. The molecule has 0 aliphatic heterocycles. The van der Waals surface area contributed by atoms with Crippen LogP contribution in [0.3, 0.4) is 0 Å². The Hall–Kier alpha value is -1.88. The molecule has 1 unspecified atom stereocenters. The van der Waals surface area contributed by atoms with Crippen LogP contribution in [-0.4, -0.2) is 16.7 Å². The van der Waals surface area contributed by atoms with E-state index in [1.54, 1.807) is 24.5 Å². The molecule has 1 atom stereocenters. The van der Waals surface area contributed by atoms with Gasteiger partial charge in [-0.1, -0.05) is 12.1 Å². The third-order valence-corrected chi connectivity index (χ3v) is 2.81. The number of imidazole rings is 1. The lowest BCUT2D eigenvalue weighted by molar-refractivity contribution is 0.383. The van der Waals surface area contributed by atoms with Crippen molar-refractivity contribution < 1.29 is 9.13 Å². The summed E-state index contributed by atoms with van der Waals surface area (Å²) in [4.78, 5) is 4.17. The first kappa shape index (κ1) is 12.6. The van der Waals surface area contributed by atoms with E-state index in [9.17, 15) is 4.39 Å². The summed E-state index contributed by atoms with van der Waals surface area (Å²) >= 11 is 0. The minimum Gasteiger partial charge on any atom is -0.494 e. The maximum atomic E-state index is 13.9. The third-order valence-electron chi connectivity index (χ3n) is 2.81. The first-order valence-electron chi connectivity index (χ1n) is 5.66. The van der Waals surface area contributed by atoms with E-state index in [1.807, 2.05) is 17.8 Å². The van der Waals surface area contributed by atoms with Gasteiger partial charge in [-0.25, -0.2) is 9.37 Å². The zero-order valence-corrected chi connectivity index (χ0v) is 10.4. The van der Waals surface area contributed by atoms with E-state index in [0.717, 1.165) is 5.69 Å². The molecule has 0 bridgehead atoms. The van der Waals surface area contributed by atoms with Gasteiger partial charge >= 0.3 is 0 Å². The van der Waals surface area contributed by atoms with Crippen LogP contribution in [0.5, 0.6) is 5.75 Å². The molecule has 0 spiro atoms. The number of nitrogens with zero attached hydrogens (tertiary/aromatic N) is 2. The number of halogens is 1. The summed E-state index contributed by atoms with van der Waals surface area (Å²) in [6.07, 6.45) is 3.90. The molecular formula is C13H16FN3O. The minimum atomic E-state index is -0.355. The van der Waals surface area contributed by atoms with Crippen LogP contribution >= 0.6 is 0 Å². The van der Waals surface area contributed by atoms with Crippen LogP contribution in [0.15, 0.2) is 30.7 Å². The lowest BCUT2D eigenvalue weighted by Gasteiger charge is -2.11. The predicted molar refractivity (Wildman–Crippen MR) is 66.8 cm³/mol. The Labute approximate surface area is 105 Å². The van der Waals surface area contributed by atoms with E-state index in [-0.39, 0.29) is 17.6 Å². The van der Waals surface area contributed by atoms with Crippen LogP contribution in [0.2, 0.25) is 0 Å². The van der Waals surface area contributed by atoms with Crippen molar-refractivity contribution in [3.05, 3.63) is 47.8 Å². The Morgan fingerprint density at radius 1 is 1.50 bits per heavy atom. The van der Waals surface area contributed by atoms with E-state index in [2.05, 4.69) is 4.98 Å². The van der Waals surface area contributed by atoms with Gasteiger partial charge in [0.15, 0.2) is 11.6 Å². The zero-order chi connectivity index (χ0) is 13.1.